The zero-order valence-corrected chi connectivity index (χ0v) is 8.52. The van der Waals surface area contributed by atoms with Crippen LogP contribution in [0.2, 0.25) is 0 Å². The van der Waals surface area contributed by atoms with Crippen molar-refractivity contribution in [2.45, 2.75) is 36.6 Å². The van der Waals surface area contributed by atoms with E-state index in [2.05, 4.69) is 23.7 Å². The third kappa shape index (κ3) is 1.63. The maximum atomic E-state index is 5.97. The second-order valence-electron chi connectivity index (χ2n) is 4.03. The van der Waals surface area contributed by atoms with Crippen LogP contribution in [0.5, 0.6) is 0 Å². The molecule has 0 bridgehead atoms. The van der Waals surface area contributed by atoms with Crippen LogP contribution in [0.25, 0.3) is 0 Å². The minimum atomic E-state index is 0.465. The van der Waals surface area contributed by atoms with Crippen molar-refractivity contribution in [1.82, 2.24) is 4.90 Å². The summed E-state index contributed by atoms with van der Waals surface area (Å²) in [7, 11) is 2.25. The second kappa shape index (κ2) is 3.56. The summed E-state index contributed by atoms with van der Waals surface area (Å²) in [4.78, 5) is 2.50. The van der Waals surface area contributed by atoms with Gasteiger partial charge in [0.1, 0.15) is 0 Å². The molecule has 0 spiro atoms. The van der Waals surface area contributed by atoms with Gasteiger partial charge in [0.2, 0.25) is 0 Å². The molecule has 1 saturated heterocycles. The third-order valence-corrected chi connectivity index (χ3v) is 4.53. The first kappa shape index (κ1) is 8.85. The van der Waals surface area contributed by atoms with Crippen LogP contribution in [0.4, 0.5) is 0 Å². The highest BCUT2D eigenvalue weighted by Gasteiger charge is 2.34. The van der Waals surface area contributed by atoms with E-state index in [9.17, 15) is 0 Å². The van der Waals surface area contributed by atoms with Crippen LogP contribution in [0, 0.1) is 0 Å². The third-order valence-electron chi connectivity index (χ3n) is 3.14. The predicted octanol–water partition coefficient (Wildman–Crippen LogP) is 0.913. The van der Waals surface area contributed by atoms with Crippen LogP contribution in [0.15, 0.2) is 0 Å². The molecule has 1 aliphatic carbocycles. The van der Waals surface area contributed by atoms with E-state index < -0.39 is 0 Å². The molecule has 1 heterocycles. The number of fused-ring (bicyclic) bond motifs is 1. The first-order valence-corrected chi connectivity index (χ1v) is 5.89. The van der Waals surface area contributed by atoms with Crippen molar-refractivity contribution in [3.05, 3.63) is 0 Å². The molecule has 2 aliphatic rings. The van der Waals surface area contributed by atoms with Gasteiger partial charge in [-0.05, 0) is 26.3 Å². The van der Waals surface area contributed by atoms with E-state index in [4.69, 9.17) is 5.73 Å². The normalized spacial score (nSPS) is 44.0. The van der Waals surface area contributed by atoms with Gasteiger partial charge in [0, 0.05) is 29.6 Å². The quantitative estimate of drug-likeness (QED) is 0.610. The Morgan fingerprint density at radius 1 is 1.42 bits per heavy atom. The van der Waals surface area contributed by atoms with E-state index >= 15 is 0 Å². The van der Waals surface area contributed by atoms with Gasteiger partial charge in [-0.3, -0.25) is 0 Å². The van der Waals surface area contributed by atoms with Gasteiger partial charge in [-0.25, -0.2) is 0 Å². The first-order valence-electron chi connectivity index (χ1n) is 4.85. The molecule has 0 aromatic carbocycles. The summed E-state index contributed by atoms with van der Waals surface area (Å²) >= 11 is 2.16. The van der Waals surface area contributed by atoms with Gasteiger partial charge < -0.3 is 10.6 Å². The fourth-order valence-corrected chi connectivity index (χ4v) is 3.86. The minimum Gasteiger partial charge on any atom is -0.328 e. The Morgan fingerprint density at radius 2 is 2.25 bits per heavy atom. The molecule has 2 nitrogen and oxygen atoms in total. The van der Waals surface area contributed by atoms with E-state index in [1.807, 2.05) is 0 Å². The Hall–Kier alpha value is 0.270. The number of nitrogens with two attached hydrogens (primary N) is 1. The van der Waals surface area contributed by atoms with Crippen LogP contribution in [-0.4, -0.2) is 41.6 Å². The van der Waals surface area contributed by atoms with E-state index in [-0.39, 0.29) is 0 Å². The monoisotopic (exact) mass is 186 g/mol. The highest BCUT2D eigenvalue weighted by Crippen LogP contribution is 2.34. The molecule has 2 N–H and O–H groups in total. The summed E-state index contributed by atoms with van der Waals surface area (Å²) in [6.07, 6.45) is 3.79. The molecule has 12 heavy (non-hydrogen) atoms. The highest BCUT2D eigenvalue weighted by atomic mass is 32.2. The lowest BCUT2D eigenvalue weighted by molar-refractivity contribution is 0.188. The van der Waals surface area contributed by atoms with Gasteiger partial charge in [-0.2, -0.15) is 11.8 Å². The topological polar surface area (TPSA) is 29.3 Å². The van der Waals surface area contributed by atoms with E-state index in [0.717, 1.165) is 11.3 Å². The number of rotatable bonds is 0. The Kier molecular flexibility index (Phi) is 2.63. The molecule has 3 atom stereocenters. The molecule has 0 aromatic heterocycles. The fourth-order valence-electron chi connectivity index (χ4n) is 2.32. The highest BCUT2D eigenvalue weighted by molar-refractivity contribution is 8.00. The lowest BCUT2D eigenvalue weighted by Crippen LogP contribution is -2.51. The molecule has 3 heteroatoms. The zero-order chi connectivity index (χ0) is 8.55. The molecule has 2 rings (SSSR count). The van der Waals surface area contributed by atoms with E-state index in [1.54, 1.807) is 0 Å². The molecule has 0 amide bonds. The second-order valence-corrected chi connectivity index (χ2v) is 5.38. The van der Waals surface area contributed by atoms with Gasteiger partial charge >= 0.3 is 0 Å². The van der Waals surface area contributed by atoms with Gasteiger partial charge in [-0.1, -0.05) is 0 Å². The standard InChI is InChI=1S/C9H18N2S/c1-11-4-5-12-9-3-2-7(10)6-8(9)11/h7-9H,2-6,10H2,1H3. The molecule has 70 valence electrons. The summed E-state index contributed by atoms with van der Waals surface area (Å²) in [5.41, 5.74) is 5.97. The zero-order valence-electron chi connectivity index (χ0n) is 7.70. The maximum absolute atomic E-state index is 5.97. The van der Waals surface area contributed by atoms with Gasteiger partial charge in [0.05, 0.1) is 0 Å². The SMILES string of the molecule is CN1CCSC2CCC(N)CC21. The summed E-state index contributed by atoms with van der Waals surface area (Å²) < 4.78 is 0. The number of nitrogens with zero attached hydrogens (tertiary/aromatic N) is 1. The largest absolute Gasteiger partial charge is 0.328 e. The molecule has 1 saturated carbocycles. The summed E-state index contributed by atoms with van der Waals surface area (Å²) in [5.74, 6) is 1.31. The summed E-state index contributed by atoms with van der Waals surface area (Å²) in [5, 5.41) is 0.878. The Labute approximate surface area is 78.9 Å². The van der Waals surface area contributed by atoms with Crippen molar-refractivity contribution in [3.8, 4) is 0 Å². The summed E-state index contributed by atoms with van der Waals surface area (Å²) in [6, 6.07) is 1.24. The van der Waals surface area contributed by atoms with Crippen molar-refractivity contribution in [2.24, 2.45) is 5.73 Å². The Bertz CT molecular complexity index is 163. The molecule has 0 radical (unpaired) electrons. The van der Waals surface area contributed by atoms with Gasteiger partial charge in [0.15, 0.2) is 0 Å². The summed E-state index contributed by atoms with van der Waals surface area (Å²) in [6.45, 7) is 1.25. The van der Waals surface area contributed by atoms with Crippen molar-refractivity contribution < 1.29 is 0 Å². The number of thioether (sulfide) groups is 1. The van der Waals surface area contributed by atoms with Crippen LogP contribution >= 0.6 is 11.8 Å². The van der Waals surface area contributed by atoms with Crippen molar-refractivity contribution >= 4 is 11.8 Å². The van der Waals surface area contributed by atoms with E-state index in [1.165, 1.54) is 31.6 Å². The molecule has 3 unspecified atom stereocenters. The van der Waals surface area contributed by atoms with Gasteiger partial charge in [-0.15, -0.1) is 0 Å². The number of hydrogen-bond acceptors (Lipinski definition) is 3. The lowest BCUT2D eigenvalue weighted by atomic mass is 9.90. The smallest absolute Gasteiger partial charge is 0.0226 e. The predicted molar refractivity (Wildman–Crippen MR) is 54.5 cm³/mol. The molecular weight excluding hydrogens is 168 g/mol. The Balaban J connectivity index is 2.00. The average Bonchev–Trinajstić information content (AvgIpc) is 2.07. The minimum absolute atomic E-state index is 0.465. The van der Waals surface area contributed by atoms with Crippen LogP contribution < -0.4 is 5.73 Å². The first-order chi connectivity index (χ1) is 5.77. The van der Waals surface area contributed by atoms with E-state index in [0.29, 0.717) is 6.04 Å². The van der Waals surface area contributed by atoms with Gasteiger partial charge in [0.25, 0.3) is 0 Å². The van der Waals surface area contributed by atoms with Crippen LogP contribution in [-0.2, 0) is 0 Å². The van der Waals surface area contributed by atoms with Crippen molar-refractivity contribution in [2.75, 3.05) is 19.3 Å². The van der Waals surface area contributed by atoms with Crippen LogP contribution in [0.1, 0.15) is 19.3 Å². The molecule has 0 aromatic rings. The lowest BCUT2D eigenvalue weighted by Gasteiger charge is -2.43. The van der Waals surface area contributed by atoms with Crippen molar-refractivity contribution in [3.63, 3.8) is 0 Å². The fraction of sp³-hybridized carbons (Fsp3) is 1.00. The van der Waals surface area contributed by atoms with Crippen LogP contribution in [0.3, 0.4) is 0 Å². The Morgan fingerprint density at radius 3 is 3.08 bits per heavy atom. The molecular formula is C9H18N2S. The molecule has 2 fully saturated rings. The maximum Gasteiger partial charge on any atom is 0.0226 e. The number of hydrogen-bond donors (Lipinski definition) is 1. The molecule has 1 aliphatic heterocycles. The average molecular weight is 186 g/mol. The van der Waals surface area contributed by atoms with Crippen molar-refractivity contribution in [1.29, 1.82) is 0 Å².